The van der Waals surface area contributed by atoms with Crippen molar-refractivity contribution in [2.75, 3.05) is 18.0 Å². The Kier molecular flexibility index (Phi) is 8.24. The monoisotopic (exact) mass is 506 g/mol. The number of ether oxygens (including phenoxy) is 1. The first-order valence-electron chi connectivity index (χ1n) is 10.2. The second-order valence-corrected chi connectivity index (χ2v) is 9.98. The van der Waals surface area contributed by atoms with Gasteiger partial charge in [-0.05, 0) is 66.6 Å². The molecule has 0 unspecified atom stereocenters. The molecule has 1 atom stereocenters. The third-order valence-corrected chi connectivity index (χ3v) is 7.32. The van der Waals surface area contributed by atoms with Gasteiger partial charge in [0.2, 0.25) is 5.91 Å². The summed E-state index contributed by atoms with van der Waals surface area (Å²) in [6, 6.07) is 19.2. The van der Waals surface area contributed by atoms with Crippen molar-refractivity contribution in [1.82, 2.24) is 5.32 Å². The van der Waals surface area contributed by atoms with Crippen molar-refractivity contribution in [3.05, 3.63) is 88.4 Å². The van der Waals surface area contributed by atoms with E-state index < -0.39 is 22.5 Å². The summed E-state index contributed by atoms with van der Waals surface area (Å²) in [6.07, 6.45) is 0.624. The molecule has 0 spiro atoms. The maximum absolute atomic E-state index is 13.4. The molecule has 9 heteroatoms. The molecule has 0 aromatic heterocycles. The number of carbonyl (C=O) groups is 1. The van der Waals surface area contributed by atoms with Crippen LogP contribution >= 0.6 is 23.2 Å². The Hall–Kier alpha value is -2.74. The van der Waals surface area contributed by atoms with Crippen molar-refractivity contribution in [3.8, 4) is 5.75 Å². The zero-order valence-electron chi connectivity index (χ0n) is 18.2. The molecule has 3 rings (SSSR count). The molecule has 0 radical (unpaired) electrons. The molecular formula is C24H24Cl2N2O4S. The summed E-state index contributed by atoms with van der Waals surface area (Å²) >= 11 is 12.0. The summed E-state index contributed by atoms with van der Waals surface area (Å²) < 4.78 is 33.1. The van der Waals surface area contributed by atoms with Gasteiger partial charge in [0, 0.05) is 10.0 Å². The lowest BCUT2D eigenvalue weighted by Gasteiger charge is -2.26. The van der Waals surface area contributed by atoms with Crippen LogP contribution in [0.1, 0.15) is 24.9 Å². The van der Waals surface area contributed by atoms with Gasteiger partial charge in [-0.2, -0.15) is 0 Å². The van der Waals surface area contributed by atoms with Crippen molar-refractivity contribution in [3.63, 3.8) is 0 Å². The average Bonchev–Trinajstić information content (AvgIpc) is 2.81. The van der Waals surface area contributed by atoms with Crippen molar-refractivity contribution in [1.29, 1.82) is 0 Å². The number of rotatable bonds is 9. The first-order valence-corrected chi connectivity index (χ1v) is 12.4. The molecule has 0 saturated carbocycles. The summed E-state index contributed by atoms with van der Waals surface area (Å²) in [6.45, 7) is 1.52. The maximum atomic E-state index is 13.4. The Morgan fingerprint density at radius 3 is 2.24 bits per heavy atom. The van der Waals surface area contributed by atoms with Gasteiger partial charge in [0.15, 0.2) is 0 Å². The Labute approximate surface area is 204 Å². The molecule has 0 aliphatic heterocycles. The highest BCUT2D eigenvalue weighted by atomic mass is 35.5. The molecule has 1 amide bonds. The number of nitrogens with zero attached hydrogens (tertiary/aromatic N) is 1. The fourth-order valence-electron chi connectivity index (χ4n) is 3.31. The van der Waals surface area contributed by atoms with Crippen LogP contribution in [-0.4, -0.2) is 28.0 Å². The molecule has 0 aliphatic rings. The summed E-state index contributed by atoms with van der Waals surface area (Å²) in [5.41, 5.74) is 1.17. The summed E-state index contributed by atoms with van der Waals surface area (Å²) in [4.78, 5) is 13.0. The van der Waals surface area contributed by atoms with E-state index in [1.54, 1.807) is 25.3 Å². The van der Waals surface area contributed by atoms with E-state index in [-0.39, 0.29) is 16.6 Å². The van der Waals surface area contributed by atoms with Crippen LogP contribution < -0.4 is 14.4 Å². The minimum Gasteiger partial charge on any atom is -0.497 e. The predicted octanol–water partition coefficient (Wildman–Crippen LogP) is 5.46. The molecule has 33 heavy (non-hydrogen) atoms. The van der Waals surface area contributed by atoms with Gasteiger partial charge < -0.3 is 10.1 Å². The van der Waals surface area contributed by atoms with E-state index >= 15 is 0 Å². The number of carbonyl (C=O) groups excluding carboxylic acids is 1. The molecule has 0 fully saturated rings. The first-order chi connectivity index (χ1) is 15.7. The van der Waals surface area contributed by atoms with E-state index in [2.05, 4.69) is 5.32 Å². The number of halogens is 2. The van der Waals surface area contributed by atoms with E-state index in [4.69, 9.17) is 27.9 Å². The zero-order valence-corrected chi connectivity index (χ0v) is 20.5. The van der Waals surface area contributed by atoms with Crippen molar-refractivity contribution in [2.24, 2.45) is 0 Å². The highest BCUT2D eigenvalue weighted by molar-refractivity contribution is 7.92. The Morgan fingerprint density at radius 2 is 1.67 bits per heavy atom. The third kappa shape index (κ3) is 6.19. The predicted molar refractivity (Wildman–Crippen MR) is 132 cm³/mol. The van der Waals surface area contributed by atoms with Crippen LogP contribution in [0.5, 0.6) is 5.75 Å². The quantitative estimate of drug-likeness (QED) is 0.417. The van der Waals surface area contributed by atoms with Gasteiger partial charge in [-0.3, -0.25) is 9.10 Å². The number of hydrogen-bond acceptors (Lipinski definition) is 4. The Balaban J connectivity index is 1.89. The summed E-state index contributed by atoms with van der Waals surface area (Å²) in [5, 5.41) is 3.69. The van der Waals surface area contributed by atoms with Gasteiger partial charge in [0.1, 0.15) is 12.3 Å². The Morgan fingerprint density at radius 1 is 1.00 bits per heavy atom. The minimum atomic E-state index is -4.06. The van der Waals surface area contributed by atoms with Crippen LogP contribution in [0.3, 0.4) is 0 Å². The van der Waals surface area contributed by atoms with Gasteiger partial charge in [0.05, 0.1) is 23.7 Å². The van der Waals surface area contributed by atoms with Crippen LogP contribution in [-0.2, 0) is 14.8 Å². The van der Waals surface area contributed by atoms with Gasteiger partial charge in [-0.25, -0.2) is 8.42 Å². The SMILES string of the molecule is CC[C@H](NC(=O)CN(c1cccc(Cl)c1)S(=O)(=O)c1ccc(Cl)cc1)c1ccc(OC)cc1. The molecule has 6 nitrogen and oxygen atoms in total. The van der Waals surface area contributed by atoms with E-state index in [0.717, 1.165) is 9.87 Å². The number of nitrogens with one attached hydrogen (secondary N) is 1. The lowest BCUT2D eigenvalue weighted by Crippen LogP contribution is -2.42. The van der Waals surface area contributed by atoms with Crippen molar-refractivity contribution < 1.29 is 17.9 Å². The van der Waals surface area contributed by atoms with E-state index in [0.29, 0.717) is 22.2 Å². The molecule has 3 aromatic carbocycles. The molecule has 0 saturated heterocycles. The standard InChI is InChI=1S/C24H24Cl2N2O4S/c1-3-23(17-7-11-21(32-2)12-8-17)27-24(29)16-28(20-6-4-5-19(26)15-20)33(30,31)22-13-9-18(25)10-14-22/h4-15,23H,3,16H2,1-2H3,(H,27,29)/t23-/m0/s1. The van der Waals surface area contributed by atoms with Crippen LogP contribution in [0.4, 0.5) is 5.69 Å². The van der Waals surface area contributed by atoms with Gasteiger partial charge in [-0.15, -0.1) is 0 Å². The highest BCUT2D eigenvalue weighted by Gasteiger charge is 2.28. The van der Waals surface area contributed by atoms with E-state index in [1.165, 1.54) is 30.3 Å². The van der Waals surface area contributed by atoms with Crippen LogP contribution in [0.2, 0.25) is 10.0 Å². The lowest BCUT2D eigenvalue weighted by atomic mass is 10.0. The van der Waals surface area contributed by atoms with E-state index in [1.807, 2.05) is 31.2 Å². The summed E-state index contributed by atoms with van der Waals surface area (Å²) in [5.74, 6) is 0.260. The normalized spacial score (nSPS) is 12.1. The first kappa shape index (κ1) is 24.9. The summed E-state index contributed by atoms with van der Waals surface area (Å²) in [7, 11) is -2.48. The smallest absolute Gasteiger partial charge is 0.264 e. The number of anilines is 1. The fraction of sp³-hybridized carbons (Fsp3) is 0.208. The Bertz CT molecular complexity index is 1200. The lowest BCUT2D eigenvalue weighted by molar-refractivity contribution is -0.120. The molecule has 0 aliphatic carbocycles. The average molecular weight is 507 g/mol. The van der Waals surface area contributed by atoms with Crippen LogP contribution in [0.15, 0.2) is 77.7 Å². The fourth-order valence-corrected chi connectivity index (χ4v) is 5.03. The van der Waals surface area contributed by atoms with Crippen LogP contribution in [0, 0.1) is 0 Å². The second kappa shape index (κ2) is 10.9. The van der Waals surface area contributed by atoms with Crippen molar-refractivity contribution in [2.45, 2.75) is 24.3 Å². The third-order valence-electron chi connectivity index (χ3n) is 5.05. The molecule has 0 bridgehead atoms. The van der Waals surface area contributed by atoms with Gasteiger partial charge in [0.25, 0.3) is 10.0 Å². The number of sulfonamides is 1. The highest BCUT2D eigenvalue weighted by Crippen LogP contribution is 2.27. The molecule has 1 N–H and O–H groups in total. The topological polar surface area (TPSA) is 75.7 Å². The number of benzene rings is 3. The molecule has 0 heterocycles. The number of amides is 1. The van der Waals surface area contributed by atoms with Gasteiger partial charge >= 0.3 is 0 Å². The largest absolute Gasteiger partial charge is 0.497 e. The maximum Gasteiger partial charge on any atom is 0.264 e. The molecule has 174 valence electrons. The van der Waals surface area contributed by atoms with E-state index in [9.17, 15) is 13.2 Å². The minimum absolute atomic E-state index is 0.0156. The number of methoxy groups -OCH3 is 1. The van der Waals surface area contributed by atoms with Crippen molar-refractivity contribution >= 4 is 44.8 Å². The van der Waals surface area contributed by atoms with Gasteiger partial charge in [-0.1, -0.05) is 48.3 Å². The second-order valence-electron chi connectivity index (χ2n) is 7.25. The van der Waals surface area contributed by atoms with Crippen LogP contribution in [0.25, 0.3) is 0 Å². The zero-order chi connectivity index (χ0) is 24.0. The molecular weight excluding hydrogens is 483 g/mol. The number of hydrogen-bond donors (Lipinski definition) is 1. The molecule has 3 aromatic rings.